The lowest BCUT2D eigenvalue weighted by molar-refractivity contribution is -0.124. The zero-order valence-corrected chi connectivity index (χ0v) is 18.1. The minimum atomic E-state index is -0.327. The monoisotopic (exact) mass is 424 g/mol. The maximum absolute atomic E-state index is 13.4. The lowest BCUT2D eigenvalue weighted by Gasteiger charge is -2.33. The molecule has 1 saturated carbocycles. The number of anilines is 3. The molecule has 4 N–H and O–H groups in total. The molecule has 1 aromatic heterocycles. The first-order valence-corrected chi connectivity index (χ1v) is 10.6. The molecule has 2 aromatic rings. The number of carbonyl (C=O) groups excluding carboxylic acids is 1. The molecule has 0 bridgehead atoms. The smallest absolute Gasteiger partial charge is 0.237 e. The molecule has 0 radical (unpaired) electrons. The number of rotatable bonds is 8. The summed E-state index contributed by atoms with van der Waals surface area (Å²) in [5, 5.41) is 12.3. The van der Waals surface area contributed by atoms with Crippen molar-refractivity contribution in [3.8, 4) is 11.8 Å². The van der Waals surface area contributed by atoms with Gasteiger partial charge in [0.2, 0.25) is 11.9 Å². The van der Waals surface area contributed by atoms with Crippen LogP contribution in [0, 0.1) is 23.6 Å². The highest BCUT2D eigenvalue weighted by molar-refractivity contribution is 5.81. The van der Waals surface area contributed by atoms with Gasteiger partial charge < -0.3 is 21.3 Å². The Morgan fingerprint density at radius 2 is 2.16 bits per heavy atom. The van der Waals surface area contributed by atoms with Crippen LogP contribution in [0.3, 0.4) is 0 Å². The van der Waals surface area contributed by atoms with Gasteiger partial charge in [0.25, 0.3) is 0 Å². The maximum Gasteiger partial charge on any atom is 0.237 e. The summed E-state index contributed by atoms with van der Waals surface area (Å²) in [6.45, 7) is 4.67. The molecule has 1 aliphatic carbocycles. The Bertz CT molecular complexity index is 964. The molecule has 1 aromatic carbocycles. The Morgan fingerprint density at radius 1 is 1.35 bits per heavy atom. The van der Waals surface area contributed by atoms with Crippen LogP contribution in [0.1, 0.15) is 38.7 Å². The van der Waals surface area contributed by atoms with Crippen molar-refractivity contribution >= 4 is 23.4 Å². The molecular weight excluding hydrogens is 395 g/mol. The normalized spacial score (nSPS) is 18.2. The van der Waals surface area contributed by atoms with E-state index in [1.807, 2.05) is 6.92 Å². The van der Waals surface area contributed by atoms with Crippen molar-refractivity contribution in [3.63, 3.8) is 0 Å². The van der Waals surface area contributed by atoms with Crippen molar-refractivity contribution in [3.05, 3.63) is 41.8 Å². The van der Waals surface area contributed by atoms with Crippen molar-refractivity contribution in [1.29, 1.82) is 0 Å². The van der Waals surface area contributed by atoms with Crippen LogP contribution in [-0.4, -0.2) is 41.6 Å². The van der Waals surface area contributed by atoms with E-state index in [2.05, 4.69) is 50.0 Å². The van der Waals surface area contributed by atoms with Gasteiger partial charge in [-0.3, -0.25) is 4.79 Å². The molecule has 31 heavy (non-hydrogen) atoms. The first-order valence-electron chi connectivity index (χ1n) is 10.6. The molecule has 1 heterocycles. The van der Waals surface area contributed by atoms with E-state index in [1.54, 1.807) is 25.4 Å². The number of nitrogens with one attached hydrogen (secondary N) is 4. The summed E-state index contributed by atoms with van der Waals surface area (Å²) in [7, 11) is 1.77. The average Bonchev–Trinajstić information content (AvgIpc) is 2.73. The standard InChI is InChI=1S/C23H29FN6O/c1-4-10-26-21-17(9-8-16-11-20(12-16)28-22(31)15(2)25-3)14-27-23(30-21)29-19-7-5-6-18(24)13-19/h5-7,13-16,20,25H,4,10-12H2,1-3H3,(H,28,31)(H2,26,27,29,30)/t15-,16?,20?/m0/s1. The fourth-order valence-electron chi connectivity index (χ4n) is 3.10. The first kappa shape index (κ1) is 22.5. The van der Waals surface area contributed by atoms with Gasteiger partial charge in [0, 0.05) is 24.2 Å². The summed E-state index contributed by atoms with van der Waals surface area (Å²) >= 11 is 0. The van der Waals surface area contributed by atoms with Crippen LogP contribution in [0.25, 0.3) is 0 Å². The summed E-state index contributed by atoms with van der Waals surface area (Å²) in [6.07, 6.45) is 4.30. The van der Waals surface area contributed by atoms with Crippen LogP contribution in [-0.2, 0) is 4.79 Å². The van der Waals surface area contributed by atoms with Crippen LogP contribution in [0.5, 0.6) is 0 Å². The minimum absolute atomic E-state index is 0.0137. The third kappa shape index (κ3) is 6.40. The Balaban J connectivity index is 1.64. The second-order valence-corrected chi connectivity index (χ2v) is 7.67. The molecular formula is C23H29FN6O. The van der Waals surface area contributed by atoms with Crippen LogP contribution in [0.4, 0.5) is 21.8 Å². The lowest BCUT2D eigenvalue weighted by atomic mass is 9.80. The van der Waals surface area contributed by atoms with Crippen molar-refractivity contribution in [2.75, 3.05) is 24.2 Å². The Labute approximate surface area is 182 Å². The molecule has 0 aliphatic heterocycles. The maximum atomic E-state index is 13.4. The molecule has 8 heteroatoms. The Hall–Kier alpha value is -3.18. The van der Waals surface area contributed by atoms with Gasteiger partial charge in [-0.15, -0.1) is 0 Å². The van der Waals surface area contributed by atoms with Gasteiger partial charge in [-0.1, -0.05) is 24.8 Å². The molecule has 0 saturated heterocycles. The van der Waals surface area contributed by atoms with Gasteiger partial charge in [0.15, 0.2) is 0 Å². The number of nitrogens with zero attached hydrogens (tertiary/aromatic N) is 2. The molecule has 7 nitrogen and oxygen atoms in total. The molecule has 1 amide bonds. The van der Waals surface area contributed by atoms with Crippen molar-refractivity contribution in [2.45, 2.75) is 45.2 Å². The summed E-state index contributed by atoms with van der Waals surface area (Å²) in [5.41, 5.74) is 1.30. The van der Waals surface area contributed by atoms with Crippen LogP contribution in [0.15, 0.2) is 30.5 Å². The van der Waals surface area contributed by atoms with Gasteiger partial charge in [-0.25, -0.2) is 9.37 Å². The predicted molar refractivity (Wildman–Crippen MR) is 121 cm³/mol. The molecule has 1 atom stereocenters. The van der Waals surface area contributed by atoms with Gasteiger partial charge in [0.1, 0.15) is 11.6 Å². The van der Waals surface area contributed by atoms with Gasteiger partial charge in [-0.2, -0.15) is 4.98 Å². The molecule has 164 valence electrons. The fraction of sp³-hybridized carbons (Fsp3) is 0.435. The van der Waals surface area contributed by atoms with Crippen molar-refractivity contribution < 1.29 is 9.18 Å². The summed E-state index contributed by atoms with van der Waals surface area (Å²) in [6, 6.07) is 6.13. The topological polar surface area (TPSA) is 91.0 Å². The third-order valence-corrected chi connectivity index (χ3v) is 5.13. The van der Waals surface area contributed by atoms with E-state index in [9.17, 15) is 9.18 Å². The quantitative estimate of drug-likeness (QED) is 0.487. The Kier molecular flexibility index (Phi) is 7.79. The number of aromatic nitrogens is 2. The molecule has 3 rings (SSSR count). The van der Waals surface area contributed by atoms with E-state index in [-0.39, 0.29) is 29.7 Å². The summed E-state index contributed by atoms with van der Waals surface area (Å²) < 4.78 is 13.4. The zero-order valence-electron chi connectivity index (χ0n) is 18.1. The molecule has 1 fully saturated rings. The second kappa shape index (κ2) is 10.7. The molecule has 1 aliphatic rings. The summed E-state index contributed by atoms with van der Waals surface area (Å²) in [4.78, 5) is 20.8. The first-order chi connectivity index (χ1) is 15.0. The van der Waals surface area contributed by atoms with Gasteiger partial charge in [-0.05, 0) is 51.4 Å². The van der Waals surface area contributed by atoms with Gasteiger partial charge >= 0.3 is 0 Å². The minimum Gasteiger partial charge on any atom is -0.369 e. The highest BCUT2D eigenvalue weighted by Crippen LogP contribution is 2.27. The molecule has 0 spiro atoms. The average molecular weight is 425 g/mol. The number of halogens is 1. The van der Waals surface area contributed by atoms with Crippen molar-refractivity contribution in [2.24, 2.45) is 5.92 Å². The van der Waals surface area contributed by atoms with Crippen LogP contribution in [0.2, 0.25) is 0 Å². The molecule has 0 unspecified atom stereocenters. The van der Waals surface area contributed by atoms with E-state index >= 15 is 0 Å². The number of hydrogen-bond donors (Lipinski definition) is 4. The number of amides is 1. The fourth-order valence-corrected chi connectivity index (χ4v) is 3.10. The predicted octanol–water partition coefficient (Wildman–Crippen LogP) is 3.04. The number of hydrogen-bond acceptors (Lipinski definition) is 6. The van der Waals surface area contributed by atoms with E-state index in [1.165, 1.54) is 12.1 Å². The number of likely N-dealkylation sites (N-methyl/N-ethyl adjacent to an activating group) is 1. The van der Waals surface area contributed by atoms with E-state index < -0.39 is 0 Å². The largest absolute Gasteiger partial charge is 0.369 e. The Morgan fingerprint density at radius 3 is 2.87 bits per heavy atom. The van der Waals surface area contributed by atoms with Crippen LogP contribution >= 0.6 is 0 Å². The zero-order chi connectivity index (χ0) is 22.2. The number of carbonyl (C=O) groups is 1. The number of benzene rings is 1. The van der Waals surface area contributed by atoms with E-state index in [0.717, 1.165) is 31.4 Å². The second-order valence-electron chi connectivity index (χ2n) is 7.67. The SMILES string of the molecule is CCCNc1nc(Nc2cccc(F)c2)ncc1C#CC1CC(NC(=O)[C@H](C)NC)C1. The highest BCUT2D eigenvalue weighted by Gasteiger charge is 2.29. The van der Waals surface area contributed by atoms with E-state index in [0.29, 0.717) is 17.5 Å². The summed E-state index contributed by atoms with van der Waals surface area (Å²) in [5.74, 6) is 7.40. The van der Waals surface area contributed by atoms with E-state index in [4.69, 9.17) is 0 Å². The van der Waals surface area contributed by atoms with Crippen molar-refractivity contribution in [1.82, 2.24) is 20.6 Å². The van der Waals surface area contributed by atoms with Gasteiger partial charge in [0.05, 0.1) is 17.8 Å². The van der Waals surface area contributed by atoms with Crippen LogP contribution < -0.4 is 21.3 Å². The highest BCUT2D eigenvalue weighted by atomic mass is 19.1. The lowest BCUT2D eigenvalue weighted by Crippen LogP contribution is -2.49. The third-order valence-electron chi connectivity index (χ3n) is 5.13.